The highest BCUT2D eigenvalue weighted by Gasteiger charge is 2.10. The number of amides is 1. The average Bonchev–Trinajstić information content (AvgIpc) is 2.31. The minimum Gasteiger partial charge on any atom is -0.393 e. The monoisotopic (exact) mass is 315 g/mol. The van der Waals surface area contributed by atoms with Crippen LogP contribution in [0, 0.1) is 0 Å². The first-order chi connectivity index (χ1) is 8.54. The molecule has 1 unspecified atom stereocenters. The Labute approximate surface area is 115 Å². The second-order valence-electron chi connectivity index (χ2n) is 4.13. The van der Waals surface area contributed by atoms with Crippen molar-refractivity contribution in [2.24, 2.45) is 0 Å². The molecule has 100 valence electrons. The summed E-state index contributed by atoms with van der Waals surface area (Å²) in [6.45, 7) is 2.09. The number of benzene rings is 1. The molecule has 0 fully saturated rings. The summed E-state index contributed by atoms with van der Waals surface area (Å²) < 4.78 is 6.01. The van der Waals surface area contributed by atoms with Crippen molar-refractivity contribution in [3.05, 3.63) is 28.2 Å². The molecule has 0 aliphatic carbocycles. The molecule has 1 aromatic carbocycles. The smallest absolute Gasteiger partial charge is 0.224 e. The van der Waals surface area contributed by atoms with Crippen LogP contribution in [0.3, 0.4) is 0 Å². The van der Waals surface area contributed by atoms with Gasteiger partial charge in [0, 0.05) is 29.3 Å². The largest absolute Gasteiger partial charge is 0.393 e. The van der Waals surface area contributed by atoms with Gasteiger partial charge in [-0.3, -0.25) is 4.79 Å². The fourth-order valence-electron chi connectivity index (χ4n) is 1.52. The van der Waals surface area contributed by atoms with Crippen LogP contribution in [0.1, 0.15) is 25.3 Å². The van der Waals surface area contributed by atoms with E-state index in [0.717, 1.165) is 15.7 Å². The lowest BCUT2D eigenvalue weighted by atomic mass is 10.1. The van der Waals surface area contributed by atoms with Crippen LogP contribution in [0.5, 0.6) is 0 Å². The quantitative estimate of drug-likeness (QED) is 0.848. The first-order valence-electron chi connectivity index (χ1n) is 5.78. The lowest BCUT2D eigenvalue weighted by Crippen LogP contribution is -2.15. The van der Waals surface area contributed by atoms with Gasteiger partial charge >= 0.3 is 0 Å². The highest BCUT2D eigenvalue weighted by Crippen LogP contribution is 2.25. The topological polar surface area (TPSA) is 58.6 Å². The lowest BCUT2D eigenvalue weighted by Gasteiger charge is -2.12. The average molecular weight is 316 g/mol. The van der Waals surface area contributed by atoms with Crippen molar-refractivity contribution in [2.45, 2.75) is 32.5 Å². The number of methoxy groups -OCH3 is 1. The lowest BCUT2D eigenvalue weighted by molar-refractivity contribution is -0.116. The van der Waals surface area contributed by atoms with Gasteiger partial charge in [-0.1, -0.05) is 22.0 Å². The second-order valence-corrected chi connectivity index (χ2v) is 4.99. The number of aliphatic hydroxyl groups excluding tert-OH is 1. The minimum atomic E-state index is -0.461. The van der Waals surface area contributed by atoms with E-state index in [4.69, 9.17) is 9.84 Å². The summed E-state index contributed by atoms with van der Waals surface area (Å²) in [6, 6.07) is 5.59. The van der Waals surface area contributed by atoms with Crippen molar-refractivity contribution >= 4 is 27.5 Å². The Balaban J connectivity index is 2.71. The van der Waals surface area contributed by atoms with Gasteiger partial charge in [-0.05, 0) is 25.5 Å². The van der Waals surface area contributed by atoms with E-state index >= 15 is 0 Å². The summed E-state index contributed by atoms with van der Waals surface area (Å²) in [6.07, 6.45) is 0.299. The predicted octanol–water partition coefficient (Wildman–Crippen LogP) is 2.70. The molecule has 1 rings (SSSR count). The van der Waals surface area contributed by atoms with E-state index in [9.17, 15) is 4.79 Å². The molecule has 0 bridgehead atoms. The minimum absolute atomic E-state index is 0.105. The van der Waals surface area contributed by atoms with Crippen molar-refractivity contribution in [3.63, 3.8) is 0 Å². The van der Waals surface area contributed by atoms with Crippen LogP contribution in [0.4, 0.5) is 5.69 Å². The number of aliphatic hydroxyl groups is 1. The molecule has 1 amide bonds. The van der Waals surface area contributed by atoms with E-state index in [0.29, 0.717) is 19.4 Å². The maximum Gasteiger partial charge on any atom is 0.224 e. The molecule has 4 nitrogen and oxygen atoms in total. The molecule has 0 saturated heterocycles. The van der Waals surface area contributed by atoms with E-state index in [1.807, 2.05) is 18.2 Å². The van der Waals surface area contributed by atoms with Crippen LogP contribution in [0.15, 0.2) is 22.7 Å². The van der Waals surface area contributed by atoms with Gasteiger partial charge in [0.25, 0.3) is 0 Å². The van der Waals surface area contributed by atoms with E-state index in [2.05, 4.69) is 21.2 Å². The van der Waals surface area contributed by atoms with E-state index in [1.165, 1.54) is 0 Å². The zero-order valence-electron chi connectivity index (χ0n) is 10.6. The summed E-state index contributed by atoms with van der Waals surface area (Å²) >= 11 is 3.43. The van der Waals surface area contributed by atoms with Gasteiger partial charge < -0.3 is 15.2 Å². The third-order valence-corrected chi connectivity index (χ3v) is 3.21. The Kier molecular flexibility index (Phi) is 6.32. The Morgan fingerprint density at radius 1 is 1.56 bits per heavy atom. The summed E-state index contributed by atoms with van der Waals surface area (Å²) in [5.74, 6) is -0.105. The molecular weight excluding hydrogens is 298 g/mol. The molecule has 0 radical (unpaired) electrons. The highest BCUT2D eigenvalue weighted by atomic mass is 79.9. The van der Waals surface area contributed by atoms with Crippen molar-refractivity contribution in [2.75, 3.05) is 12.4 Å². The fourth-order valence-corrected chi connectivity index (χ4v) is 2.00. The molecule has 1 aromatic rings. The van der Waals surface area contributed by atoms with Gasteiger partial charge in [0.15, 0.2) is 0 Å². The number of carbonyl (C=O) groups is 1. The molecule has 0 spiro atoms. The molecule has 0 aliphatic heterocycles. The number of carbonyl (C=O) groups excluding carboxylic acids is 1. The molecule has 0 aromatic heterocycles. The van der Waals surface area contributed by atoms with Crippen LogP contribution < -0.4 is 5.32 Å². The van der Waals surface area contributed by atoms with Crippen LogP contribution in [-0.2, 0) is 16.1 Å². The van der Waals surface area contributed by atoms with Gasteiger partial charge in [0.2, 0.25) is 5.91 Å². The maximum absolute atomic E-state index is 11.7. The standard InChI is InChI=1S/C13H18BrNO3/c1-9(16)6-7-13(17)15-12-5-3-4-11(14)10(12)8-18-2/h3-5,9,16H,6-8H2,1-2H3,(H,15,17). The number of anilines is 1. The van der Waals surface area contributed by atoms with Gasteiger partial charge in [-0.25, -0.2) is 0 Å². The molecular formula is C13H18BrNO3. The van der Waals surface area contributed by atoms with Crippen LogP contribution in [-0.4, -0.2) is 24.2 Å². The molecule has 5 heteroatoms. The number of rotatable bonds is 6. The second kappa shape index (κ2) is 7.51. The Bertz CT molecular complexity index is 407. The first-order valence-corrected chi connectivity index (χ1v) is 6.58. The number of nitrogens with one attached hydrogen (secondary N) is 1. The summed E-state index contributed by atoms with van der Waals surface area (Å²) in [4.78, 5) is 11.7. The molecule has 0 saturated carbocycles. The number of halogens is 1. The van der Waals surface area contributed by atoms with Gasteiger partial charge in [0.1, 0.15) is 0 Å². The summed E-state index contributed by atoms with van der Waals surface area (Å²) in [5, 5.41) is 12.0. The van der Waals surface area contributed by atoms with Crippen LogP contribution >= 0.6 is 15.9 Å². The van der Waals surface area contributed by atoms with Crippen LogP contribution in [0.25, 0.3) is 0 Å². The van der Waals surface area contributed by atoms with Crippen molar-refractivity contribution in [1.29, 1.82) is 0 Å². The normalized spacial score (nSPS) is 12.2. The molecule has 0 heterocycles. The molecule has 18 heavy (non-hydrogen) atoms. The molecule has 1 atom stereocenters. The summed E-state index contributed by atoms with van der Waals surface area (Å²) in [5.41, 5.74) is 1.65. The SMILES string of the molecule is COCc1c(Br)cccc1NC(=O)CCC(C)O. The Morgan fingerprint density at radius 2 is 2.28 bits per heavy atom. The fraction of sp³-hybridized carbons (Fsp3) is 0.462. The Morgan fingerprint density at radius 3 is 2.89 bits per heavy atom. The molecule has 2 N–H and O–H groups in total. The third kappa shape index (κ3) is 4.76. The van der Waals surface area contributed by atoms with Crippen molar-refractivity contribution in [1.82, 2.24) is 0 Å². The zero-order chi connectivity index (χ0) is 13.5. The predicted molar refractivity (Wildman–Crippen MR) is 74.4 cm³/mol. The number of ether oxygens (including phenoxy) is 1. The van der Waals surface area contributed by atoms with E-state index < -0.39 is 6.10 Å². The number of hydrogen-bond acceptors (Lipinski definition) is 3. The van der Waals surface area contributed by atoms with Crippen LogP contribution in [0.2, 0.25) is 0 Å². The van der Waals surface area contributed by atoms with Crippen molar-refractivity contribution < 1.29 is 14.6 Å². The number of hydrogen-bond donors (Lipinski definition) is 2. The highest BCUT2D eigenvalue weighted by molar-refractivity contribution is 9.10. The van der Waals surface area contributed by atoms with Crippen molar-refractivity contribution in [3.8, 4) is 0 Å². The maximum atomic E-state index is 11.7. The Hall–Kier alpha value is -0.910. The molecule has 0 aliphatic rings. The van der Waals surface area contributed by atoms with E-state index in [-0.39, 0.29) is 5.91 Å². The third-order valence-electron chi connectivity index (χ3n) is 2.47. The summed E-state index contributed by atoms with van der Waals surface area (Å²) in [7, 11) is 1.61. The van der Waals surface area contributed by atoms with E-state index in [1.54, 1.807) is 14.0 Å². The van der Waals surface area contributed by atoms with Gasteiger partial charge in [-0.2, -0.15) is 0 Å². The van der Waals surface area contributed by atoms with Gasteiger partial charge in [0.05, 0.1) is 12.7 Å². The van der Waals surface area contributed by atoms with Gasteiger partial charge in [-0.15, -0.1) is 0 Å². The first kappa shape index (κ1) is 15.1. The zero-order valence-corrected chi connectivity index (χ0v) is 12.2.